The van der Waals surface area contributed by atoms with Gasteiger partial charge in [0.1, 0.15) is 0 Å². The molecule has 0 radical (unpaired) electrons. The maximum Gasteiger partial charge on any atom is 0.0992 e. The molecule has 5 nitrogen and oxygen atoms in total. The average Bonchev–Trinajstić information content (AvgIpc) is 3.88. The van der Waals surface area contributed by atoms with Crippen molar-refractivity contribution in [3.63, 3.8) is 0 Å². The summed E-state index contributed by atoms with van der Waals surface area (Å²) in [6.45, 7) is 0. The third-order valence-corrected chi connectivity index (χ3v) is 11.1. The van der Waals surface area contributed by atoms with Crippen LogP contribution in [-0.2, 0) is 0 Å². The molecule has 0 unspecified atom stereocenters. The lowest BCUT2D eigenvalue weighted by atomic mass is 10.00. The second-order valence-electron chi connectivity index (χ2n) is 14.0. The molecule has 11 rings (SSSR count). The van der Waals surface area contributed by atoms with Crippen LogP contribution in [-0.4, -0.2) is 13.7 Å². The Morgan fingerprint density at radius 1 is 0.327 bits per heavy atom. The molecule has 3 heterocycles. The lowest BCUT2D eigenvalue weighted by Crippen LogP contribution is -2.00. The van der Waals surface area contributed by atoms with E-state index in [1.165, 1.54) is 10.8 Å². The van der Waals surface area contributed by atoms with Gasteiger partial charge in [-0.1, -0.05) is 103 Å². The Kier molecular flexibility index (Phi) is 6.61. The highest BCUT2D eigenvalue weighted by Gasteiger charge is 2.20. The molecule has 0 aliphatic rings. The number of hydrogen-bond donors (Lipinski definition) is 0. The van der Waals surface area contributed by atoms with Gasteiger partial charge in [-0.3, -0.25) is 0 Å². The van der Waals surface area contributed by atoms with E-state index in [1.807, 2.05) is 42.5 Å². The van der Waals surface area contributed by atoms with Crippen molar-refractivity contribution < 1.29 is 0 Å². The molecule has 0 fully saturated rings. The van der Waals surface area contributed by atoms with Crippen LogP contribution < -0.4 is 0 Å². The normalized spacial score (nSPS) is 11.6. The molecule has 0 N–H and O–H groups in total. The van der Waals surface area contributed by atoms with Crippen LogP contribution in [0.1, 0.15) is 11.1 Å². The summed E-state index contributed by atoms with van der Waals surface area (Å²) >= 11 is 0. The minimum atomic E-state index is 0.570. The molecule has 3 aromatic heterocycles. The topological polar surface area (TPSA) is 62.4 Å². The second-order valence-corrected chi connectivity index (χ2v) is 14.0. The Hall–Kier alpha value is -7.86. The molecule has 254 valence electrons. The first-order valence-corrected chi connectivity index (χ1v) is 18.3. The maximum absolute atomic E-state index is 10.5. The molecule has 11 aromatic rings. The first-order valence-electron chi connectivity index (χ1n) is 18.3. The van der Waals surface area contributed by atoms with E-state index in [9.17, 15) is 10.5 Å². The molecule has 0 amide bonds. The Labute approximate surface area is 316 Å². The zero-order valence-electron chi connectivity index (χ0n) is 29.5. The number of nitrogens with zero attached hydrogens (tertiary/aromatic N) is 5. The standard InChI is InChI=1S/C50H29N5/c51-30-32-21-23-42-41-15-5-10-20-48(41)55(49(42)27-32)44-16-6-1-11-37(44)34-25-33(31-52)26-36(28-34)54-47-19-9-4-14-40(47)43-24-22-35(29-50(43)54)53-45-17-7-2-12-38(45)39-13-3-8-18-46(39)53/h1-29H. The van der Waals surface area contributed by atoms with E-state index < -0.39 is 0 Å². The highest BCUT2D eigenvalue weighted by molar-refractivity contribution is 6.13. The van der Waals surface area contributed by atoms with Crippen molar-refractivity contribution >= 4 is 65.4 Å². The number of nitriles is 2. The molecule has 0 saturated heterocycles. The van der Waals surface area contributed by atoms with Gasteiger partial charge < -0.3 is 13.7 Å². The first kappa shape index (κ1) is 30.7. The number of rotatable bonds is 4. The molecule has 0 aliphatic heterocycles. The Balaban J connectivity index is 1.17. The van der Waals surface area contributed by atoms with E-state index in [0.29, 0.717) is 11.1 Å². The fourth-order valence-electron chi connectivity index (χ4n) is 8.75. The summed E-state index contributed by atoms with van der Waals surface area (Å²) in [5, 5.41) is 27.3. The molecule has 0 aliphatic carbocycles. The van der Waals surface area contributed by atoms with Crippen LogP contribution in [0.5, 0.6) is 0 Å². The molecule has 0 atom stereocenters. The Morgan fingerprint density at radius 3 is 1.40 bits per heavy atom. The average molecular weight is 700 g/mol. The summed E-state index contributed by atoms with van der Waals surface area (Å²) in [5.74, 6) is 0. The smallest absolute Gasteiger partial charge is 0.0992 e. The zero-order valence-corrected chi connectivity index (χ0v) is 29.5. The summed E-state index contributed by atoms with van der Waals surface area (Å²) in [4.78, 5) is 0. The van der Waals surface area contributed by atoms with Crippen molar-refractivity contribution in [3.05, 3.63) is 187 Å². The van der Waals surface area contributed by atoms with Gasteiger partial charge in [0.15, 0.2) is 0 Å². The number of aromatic nitrogens is 3. The molecular formula is C50H29N5. The number of benzene rings is 8. The first-order chi connectivity index (χ1) is 27.2. The fraction of sp³-hybridized carbons (Fsp3) is 0. The van der Waals surface area contributed by atoms with Gasteiger partial charge in [0.05, 0.1) is 62.1 Å². The van der Waals surface area contributed by atoms with E-state index in [-0.39, 0.29) is 0 Å². The molecule has 8 aromatic carbocycles. The molecular weight excluding hydrogens is 671 g/mol. The van der Waals surface area contributed by atoms with Gasteiger partial charge >= 0.3 is 0 Å². The zero-order chi connectivity index (χ0) is 36.6. The summed E-state index contributed by atoms with van der Waals surface area (Å²) in [6.07, 6.45) is 0. The molecule has 0 spiro atoms. The summed E-state index contributed by atoms with van der Waals surface area (Å²) in [5.41, 5.74) is 12.5. The van der Waals surface area contributed by atoms with E-state index >= 15 is 0 Å². The van der Waals surface area contributed by atoms with Gasteiger partial charge in [-0.25, -0.2) is 0 Å². The van der Waals surface area contributed by atoms with E-state index in [2.05, 4.69) is 159 Å². The minimum Gasteiger partial charge on any atom is -0.309 e. The molecule has 0 bridgehead atoms. The summed E-state index contributed by atoms with van der Waals surface area (Å²) in [6, 6.07) is 66.0. The summed E-state index contributed by atoms with van der Waals surface area (Å²) in [7, 11) is 0. The van der Waals surface area contributed by atoms with Crippen LogP contribution in [0.15, 0.2) is 176 Å². The van der Waals surface area contributed by atoms with E-state index in [4.69, 9.17) is 0 Å². The predicted molar refractivity (Wildman–Crippen MR) is 224 cm³/mol. The number of hydrogen-bond acceptors (Lipinski definition) is 2. The van der Waals surface area contributed by atoms with Crippen LogP contribution in [0, 0.1) is 22.7 Å². The van der Waals surface area contributed by atoms with Crippen molar-refractivity contribution in [2.75, 3.05) is 0 Å². The third kappa shape index (κ3) is 4.51. The van der Waals surface area contributed by atoms with Crippen molar-refractivity contribution in [2.24, 2.45) is 0 Å². The van der Waals surface area contributed by atoms with Gasteiger partial charge in [-0.2, -0.15) is 10.5 Å². The van der Waals surface area contributed by atoms with Crippen LogP contribution in [0.25, 0.3) is 93.6 Å². The molecule has 5 heteroatoms. The monoisotopic (exact) mass is 699 g/mol. The lowest BCUT2D eigenvalue weighted by Gasteiger charge is -2.16. The van der Waals surface area contributed by atoms with Crippen molar-refractivity contribution in [2.45, 2.75) is 0 Å². The van der Waals surface area contributed by atoms with Crippen molar-refractivity contribution in [1.29, 1.82) is 10.5 Å². The van der Waals surface area contributed by atoms with Gasteiger partial charge in [-0.15, -0.1) is 0 Å². The Bertz CT molecular complexity index is 3420. The fourth-order valence-corrected chi connectivity index (χ4v) is 8.75. The van der Waals surface area contributed by atoms with Crippen molar-refractivity contribution in [1.82, 2.24) is 13.7 Å². The maximum atomic E-state index is 10.5. The van der Waals surface area contributed by atoms with Crippen molar-refractivity contribution in [3.8, 4) is 40.3 Å². The minimum absolute atomic E-state index is 0.570. The van der Waals surface area contributed by atoms with Gasteiger partial charge in [0.2, 0.25) is 0 Å². The largest absolute Gasteiger partial charge is 0.309 e. The van der Waals surface area contributed by atoms with Crippen LogP contribution in [0.2, 0.25) is 0 Å². The van der Waals surface area contributed by atoms with Crippen LogP contribution >= 0.6 is 0 Å². The third-order valence-electron chi connectivity index (χ3n) is 11.1. The van der Waals surface area contributed by atoms with Gasteiger partial charge in [0.25, 0.3) is 0 Å². The number of fused-ring (bicyclic) bond motifs is 9. The van der Waals surface area contributed by atoms with E-state index in [1.54, 1.807) is 0 Å². The number of para-hydroxylation sites is 5. The second kappa shape index (κ2) is 11.8. The highest BCUT2D eigenvalue weighted by Crippen LogP contribution is 2.40. The predicted octanol–water partition coefficient (Wildman–Crippen LogP) is 12.4. The van der Waals surface area contributed by atoms with Gasteiger partial charge in [-0.05, 0) is 78.4 Å². The Morgan fingerprint density at radius 2 is 0.800 bits per heavy atom. The SMILES string of the molecule is N#Cc1cc(-c2ccccc2-n2c3ccccc3c3ccc(C#N)cc32)cc(-n2c3ccccc3c3ccc(-n4c5ccccc5c5ccccc54)cc32)c1. The highest BCUT2D eigenvalue weighted by atomic mass is 15.0. The lowest BCUT2D eigenvalue weighted by molar-refractivity contribution is 1.15. The van der Waals surface area contributed by atoms with E-state index in [0.717, 1.165) is 82.8 Å². The quantitative estimate of drug-likeness (QED) is 0.184. The molecule has 55 heavy (non-hydrogen) atoms. The van der Waals surface area contributed by atoms with Gasteiger partial charge in [0, 0.05) is 49.3 Å². The van der Waals surface area contributed by atoms with Crippen LogP contribution in [0.3, 0.4) is 0 Å². The summed E-state index contributed by atoms with van der Waals surface area (Å²) < 4.78 is 6.90. The van der Waals surface area contributed by atoms with Crippen LogP contribution in [0.4, 0.5) is 0 Å². The molecule has 0 saturated carbocycles.